The zero-order chi connectivity index (χ0) is 15.4. The third-order valence-electron chi connectivity index (χ3n) is 3.04. The standard InChI is InChI=1S/C13H17FN6O/c1-3-4-20-12(17-18-19-20)7-16-11-5-8(2)10(14)6-9(11)13(15)21/h5-6,16H,3-4,7H2,1-2H3,(H2,15,21). The van der Waals surface area contributed by atoms with Crippen molar-refractivity contribution in [3.05, 3.63) is 34.9 Å². The molecular weight excluding hydrogens is 275 g/mol. The van der Waals surface area contributed by atoms with Gasteiger partial charge in [-0.2, -0.15) is 0 Å². The molecule has 0 bridgehead atoms. The van der Waals surface area contributed by atoms with Crippen LogP contribution in [0.5, 0.6) is 0 Å². The number of nitrogens with two attached hydrogens (primary N) is 1. The third-order valence-corrected chi connectivity index (χ3v) is 3.04. The number of primary amides is 1. The molecule has 1 aromatic heterocycles. The minimum absolute atomic E-state index is 0.104. The fourth-order valence-corrected chi connectivity index (χ4v) is 1.94. The number of nitrogens with one attached hydrogen (secondary N) is 1. The molecule has 0 saturated heterocycles. The van der Waals surface area contributed by atoms with Gasteiger partial charge in [-0.15, -0.1) is 5.10 Å². The molecule has 8 heteroatoms. The number of hydrogen-bond acceptors (Lipinski definition) is 5. The number of carbonyl (C=O) groups is 1. The average Bonchev–Trinajstić information content (AvgIpc) is 2.87. The van der Waals surface area contributed by atoms with Crippen LogP contribution in [-0.2, 0) is 13.1 Å². The van der Waals surface area contributed by atoms with Crippen LogP contribution >= 0.6 is 0 Å². The summed E-state index contributed by atoms with van der Waals surface area (Å²) in [5, 5.41) is 14.4. The van der Waals surface area contributed by atoms with Crippen LogP contribution in [0.4, 0.5) is 10.1 Å². The van der Waals surface area contributed by atoms with Crippen LogP contribution in [0.15, 0.2) is 12.1 Å². The number of hydrogen-bond donors (Lipinski definition) is 2. The lowest BCUT2D eigenvalue weighted by Crippen LogP contribution is -2.16. The molecule has 0 fully saturated rings. The van der Waals surface area contributed by atoms with Crippen LogP contribution in [0.2, 0.25) is 0 Å². The monoisotopic (exact) mass is 292 g/mol. The summed E-state index contributed by atoms with van der Waals surface area (Å²) >= 11 is 0. The molecule has 0 unspecified atom stereocenters. The summed E-state index contributed by atoms with van der Waals surface area (Å²) in [4.78, 5) is 11.4. The van der Waals surface area contributed by atoms with Crippen molar-refractivity contribution in [1.29, 1.82) is 0 Å². The maximum absolute atomic E-state index is 13.5. The second-order valence-corrected chi connectivity index (χ2v) is 4.68. The lowest BCUT2D eigenvalue weighted by Gasteiger charge is -2.11. The highest BCUT2D eigenvalue weighted by atomic mass is 19.1. The van der Waals surface area contributed by atoms with E-state index in [1.165, 1.54) is 0 Å². The highest BCUT2D eigenvalue weighted by Gasteiger charge is 2.13. The topological polar surface area (TPSA) is 98.7 Å². The van der Waals surface area contributed by atoms with Gasteiger partial charge in [-0.3, -0.25) is 4.79 Å². The first-order valence-corrected chi connectivity index (χ1v) is 6.61. The van der Waals surface area contributed by atoms with Gasteiger partial charge in [-0.05, 0) is 41.5 Å². The molecule has 0 spiro atoms. The molecule has 2 rings (SSSR count). The van der Waals surface area contributed by atoms with E-state index in [-0.39, 0.29) is 5.56 Å². The normalized spacial score (nSPS) is 10.6. The first kappa shape index (κ1) is 14.9. The summed E-state index contributed by atoms with van der Waals surface area (Å²) in [6.45, 7) is 4.66. The van der Waals surface area contributed by atoms with Crippen molar-refractivity contribution in [1.82, 2.24) is 20.2 Å². The summed E-state index contributed by atoms with van der Waals surface area (Å²) in [6.07, 6.45) is 0.903. The van der Waals surface area contributed by atoms with Gasteiger partial charge in [-0.25, -0.2) is 9.07 Å². The number of aromatic nitrogens is 4. The van der Waals surface area contributed by atoms with E-state index in [0.29, 0.717) is 30.2 Å². The van der Waals surface area contributed by atoms with Crippen molar-refractivity contribution in [3.63, 3.8) is 0 Å². The van der Waals surface area contributed by atoms with Gasteiger partial charge in [0.05, 0.1) is 12.1 Å². The van der Waals surface area contributed by atoms with Crippen molar-refractivity contribution in [2.45, 2.75) is 33.4 Å². The Morgan fingerprint density at radius 2 is 2.24 bits per heavy atom. The van der Waals surface area contributed by atoms with E-state index in [0.717, 1.165) is 12.5 Å². The number of nitrogens with zero attached hydrogens (tertiary/aromatic N) is 4. The Morgan fingerprint density at radius 3 is 2.90 bits per heavy atom. The van der Waals surface area contributed by atoms with Crippen molar-refractivity contribution in [2.24, 2.45) is 5.73 Å². The maximum atomic E-state index is 13.5. The fraction of sp³-hybridized carbons (Fsp3) is 0.385. The smallest absolute Gasteiger partial charge is 0.250 e. The van der Waals surface area contributed by atoms with Crippen LogP contribution in [0.1, 0.15) is 35.1 Å². The van der Waals surface area contributed by atoms with Gasteiger partial charge in [0.25, 0.3) is 5.91 Å². The molecule has 0 aliphatic heterocycles. The summed E-state index contributed by atoms with van der Waals surface area (Å²) in [5.41, 5.74) is 6.27. The quantitative estimate of drug-likeness (QED) is 0.834. The Balaban J connectivity index is 2.21. The van der Waals surface area contributed by atoms with Gasteiger partial charge in [-0.1, -0.05) is 6.92 Å². The molecule has 0 atom stereocenters. The van der Waals surface area contributed by atoms with Crippen LogP contribution in [0, 0.1) is 12.7 Å². The summed E-state index contributed by atoms with van der Waals surface area (Å²) in [6, 6.07) is 2.68. The van der Waals surface area contributed by atoms with Crippen molar-refractivity contribution in [3.8, 4) is 0 Å². The number of carbonyl (C=O) groups excluding carboxylic acids is 1. The van der Waals surface area contributed by atoms with Gasteiger partial charge in [0.15, 0.2) is 5.82 Å². The number of rotatable bonds is 6. The fourth-order valence-electron chi connectivity index (χ4n) is 1.94. The Labute approximate surface area is 121 Å². The summed E-state index contributed by atoms with van der Waals surface area (Å²) in [5.74, 6) is -0.524. The van der Waals surface area contributed by atoms with E-state index < -0.39 is 11.7 Å². The molecule has 2 aromatic rings. The van der Waals surface area contributed by atoms with Crippen LogP contribution in [0.3, 0.4) is 0 Å². The Hall–Kier alpha value is -2.51. The molecule has 1 aromatic carbocycles. The zero-order valence-corrected chi connectivity index (χ0v) is 11.9. The van der Waals surface area contributed by atoms with Gasteiger partial charge < -0.3 is 11.1 Å². The van der Waals surface area contributed by atoms with E-state index in [4.69, 9.17) is 5.73 Å². The second-order valence-electron chi connectivity index (χ2n) is 4.68. The SMILES string of the molecule is CCCn1nnnc1CNc1cc(C)c(F)cc1C(N)=O. The van der Waals surface area contributed by atoms with Gasteiger partial charge in [0, 0.05) is 12.2 Å². The highest BCUT2D eigenvalue weighted by Crippen LogP contribution is 2.20. The minimum Gasteiger partial charge on any atom is -0.377 e. The molecular formula is C13H17FN6O. The van der Waals surface area contributed by atoms with Crippen molar-refractivity contribution >= 4 is 11.6 Å². The highest BCUT2D eigenvalue weighted by molar-refractivity contribution is 5.98. The van der Waals surface area contributed by atoms with Crippen LogP contribution < -0.4 is 11.1 Å². The van der Waals surface area contributed by atoms with Crippen molar-refractivity contribution in [2.75, 3.05) is 5.32 Å². The predicted octanol–water partition coefficient (Wildman–Crippen LogP) is 1.24. The molecule has 0 radical (unpaired) electrons. The first-order chi connectivity index (χ1) is 10.0. The number of amides is 1. The van der Waals surface area contributed by atoms with Gasteiger partial charge in [0.2, 0.25) is 0 Å². The number of anilines is 1. The molecule has 3 N–H and O–H groups in total. The Bertz CT molecular complexity index is 654. The molecule has 1 amide bonds. The van der Waals surface area contributed by atoms with Gasteiger partial charge in [0.1, 0.15) is 5.82 Å². The average molecular weight is 292 g/mol. The number of tetrazole rings is 1. The summed E-state index contributed by atoms with van der Waals surface area (Å²) in [7, 11) is 0. The van der Waals surface area contributed by atoms with Crippen LogP contribution in [-0.4, -0.2) is 26.1 Å². The lowest BCUT2D eigenvalue weighted by molar-refractivity contribution is 0.100. The molecule has 21 heavy (non-hydrogen) atoms. The molecule has 0 aliphatic carbocycles. The van der Waals surface area contributed by atoms with Crippen LogP contribution in [0.25, 0.3) is 0 Å². The van der Waals surface area contributed by atoms with E-state index in [1.54, 1.807) is 17.7 Å². The first-order valence-electron chi connectivity index (χ1n) is 6.61. The molecule has 112 valence electrons. The predicted molar refractivity (Wildman–Crippen MR) is 75.1 cm³/mol. The minimum atomic E-state index is -0.690. The van der Waals surface area contributed by atoms with E-state index in [1.807, 2.05) is 6.92 Å². The third kappa shape index (κ3) is 3.33. The molecule has 0 saturated carbocycles. The van der Waals surface area contributed by atoms with Gasteiger partial charge >= 0.3 is 0 Å². The van der Waals surface area contributed by atoms with Crippen molar-refractivity contribution < 1.29 is 9.18 Å². The second kappa shape index (κ2) is 6.29. The number of halogens is 1. The Kier molecular flexibility index (Phi) is 4.46. The number of aryl methyl sites for hydroxylation is 2. The van der Waals surface area contributed by atoms with E-state index >= 15 is 0 Å². The number of benzene rings is 1. The van der Waals surface area contributed by atoms with E-state index in [9.17, 15) is 9.18 Å². The molecule has 7 nitrogen and oxygen atoms in total. The Morgan fingerprint density at radius 1 is 1.48 bits per heavy atom. The summed E-state index contributed by atoms with van der Waals surface area (Å²) < 4.78 is 15.2. The molecule has 1 heterocycles. The molecule has 0 aliphatic rings. The maximum Gasteiger partial charge on any atom is 0.250 e. The van der Waals surface area contributed by atoms with E-state index in [2.05, 4.69) is 20.8 Å². The lowest BCUT2D eigenvalue weighted by atomic mass is 10.1. The zero-order valence-electron chi connectivity index (χ0n) is 11.9. The largest absolute Gasteiger partial charge is 0.377 e.